The second-order valence-corrected chi connectivity index (χ2v) is 5.73. The molecule has 0 radical (unpaired) electrons. The van der Waals surface area contributed by atoms with Crippen molar-refractivity contribution in [1.82, 2.24) is 5.32 Å². The first kappa shape index (κ1) is 15.7. The molecule has 0 saturated carbocycles. The molecule has 0 fully saturated rings. The lowest BCUT2D eigenvalue weighted by molar-refractivity contribution is 0.625. The van der Waals surface area contributed by atoms with Crippen molar-refractivity contribution in [2.45, 2.75) is 41.2 Å². The lowest BCUT2D eigenvalue weighted by Crippen LogP contribution is -2.11. The molecule has 2 aromatic carbocycles. The van der Waals surface area contributed by atoms with E-state index in [0.29, 0.717) is 12.1 Å². The summed E-state index contributed by atoms with van der Waals surface area (Å²) in [7, 11) is 0. The lowest BCUT2D eigenvalue weighted by Gasteiger charge is -2.16. The minimum Gasteiger partial charge on any atom is -0.313 e. The van der Waals surface area contributed by atoms with Crippen LogP contribution in [0.1, 0.15) is 34.7 Å². The van der Waals surface area contributed by atoms with Gasteiger partial charge in [0.2, 0.25) is 0 Å². The maximum Gasteiger partial charge on any atom is 0.131 e. The average Bonchev–Trinajstić information content (AvgIpc) is 2.45. The highest BCUT2D eigenvalue weighted by molar-refractivity contribution is 5.74. The Balaban J connectivity index is 2.53. The zero-order chi connectivity index (χ0) is 15.6. The Labute approximate surface area is 127 Å². The fourth-order valence-corrected chi connectivity index (χ4v) is 2.76. The smallest absolute Gasteiger partial charge is 0.131 e. The summed E-state index contributed by atoms with van der Waals surface area (Å²) in [5.41, 5.74) is 7.48. The zero-order valence-corrected chi connectivity index (χ0v) is 13.6. The molecule has 0 atom stereocenters. The molecule has 0 amide bonds. The normalized spacial score (nSPS) is 11.0. The van der Waals surface area contributed by atoms with E-state index < -0.39 is 0 Å². The molecule has 2 rings (SSSR count). The van der Waals surface area contributed by atoms with E-state index in [2.05, 4.69) is 39.1 Å². The maximum atomic E-state index is 14.6. The van der Waals surface area contributed by atoms with Crippen LogP contribution in [0.4, 0.5) is 4.39 Å². The number of hydrogen-bond donors (Lipinski definition) is 1. The largest absolute Gasteiger partial charge is 0.313 e. The first-order valence-electron chi connectivity index (χ1n) is 7.52. The van der Waals surface area contributed by atoms with E-state index in [9.17, 15) is 4.39 Å². The van der Waals surface area contributed by atoms with E-state index in [1.807, 2.05) is 19.1 Å². The number of halogens is 1. The third kappa shape index (κ3) is 3.16. The predicted octanol–water partition coefficient (Wildman–Crippen LogP) is 4.84. The van der Waals surface area contributed by atoms with Gasteiger partial charge in [-0.1, -0.05) is 25.1 Å². The summed E-state index contributed by atoms with van der Waals surface area (Å²) < 4.78 is 14.6. The van der Waals surface area contributed by atoms with E-state index in [0.717, 1.165) is 28.8 Å². The number of hydrogen-bond acceptors (Lipinski definition) is 1. The highest BCUT2D eigenvalue weighted by Crippen LogP contribution is 2.33. The Morgan fingerprint density at radius 2 is 1.57 bits per heavy atom. The van der Waals surface area contributed by atoms with E-state index in [4.69, 9.17) is 0 Å². The van der Waals surface area contributed by atoms with Crippen LogP contribution in [0.5, 0.6) is 0 Å². The molecule has 0 bridgehead atoms. The fraction of sp³-hybridized carbons (Fsp3) is 0.368. The summed E-state index contributed by atoms with van der Waals surface area (Å²) in [6, 6.07) is 7.74. The van der Waals surface area contributed by atoms with Gasteiger partial charge in [-0.3, -0.25) is 0 Å². The van der Waals surface area contributed by atoms with Crippen molar-refractivity contribution in [3.05, 3.63) is 57.9 Å². The minimum absolute atomic E-state index is 0.137. The monoisotopic (exact) mass is 285 g/mol. The van der Waals surface area contributed by atoms with Crippen molar-refractivity contribution in [2.75, 3.05) is 6.54 Å². The highest BCUT2D eigenvalue weighted by Gasteiger charge is 2.14. The van der Waals surface area contributed by atoms with Gasteiger partial charge in [-0.05, 0) is 73.7 Å². The van der Waals surface area contributed by atoms with Crippen LogP contribution in [0.3, 0.4) is 0 Å². The minimum atomic E-state index is -0.137. The number of benzene rings is 2. The Hall–Kier alpha value is -1.67. The standard InChI is InChI=1S/C19H24FN/c1-6-21-11-16-7-8-17(18(20)10-16)19-14(4)12(2)9-13(3)15(19)5/h7-10,21H,6,11H2,1-5H3. The molecule has 21 heavy (non-hydrogen) atoms. The molecule has 0 spiro atoms. The molecule has 0 heterocycles. The summed E-state index contributed by atoms with van der Waals surface area (Å²) in [6.45, 7) is 12.0. The number of aryl methyl sites for hydroxylation is 2. The molecular formula is C19H24FN. The predicted molar refractivity (Wildman–Crippen MR) is 88.2 cm³/mol. The highest BCUT2D eigenvalue weighted by atomic mass is 19.1. The number of rotatable bonds is 4. The topological polar surface area (TPSA) is 12.0 Å². The van der Waals surface area contributed by atoms with Crippen LogP contribution in [0.25, 0.3) is 11.1 Å². The van der Waals surface area contributed by atoms with Crippen molar-refractivity contribution in [3.8, 4) is 11.1 Å². The quantitative estimate of drug-likeness (QED) is 0.848. The molecule has 0 aliphatic carbocycles. The van der Waals surface area contributed by atoms with Gasteiger partial charge < -0.3 is 5.32 Å². The van der Waals surface area contributed by atoms with Crippen LogP contribution in [0.2, 0.25) is 0 Å². The molecule has 1 nitrogen and oxygen atoms in total. The van der Waals surface area contributed by atoms with Crippen LogP contribution in [-0.2, 0) is 6.54 Å². The van der Waals surface area contributed by atoms with E-state index in [-0.39, 0.29) is 5.82 Å². The number of nitrogens with one attached hydrogen (secondary N) is 1. The molecule has 112 valence electrons. The van der Waals surface area contributed by atoms with Crippen molar-refractivity contribution in [3.63, 3.8) is 0 Å². The van der Waals surface area contributed by atoms with E-state index in [1.165, 1.54) is 11.1 Å². The Morgan fingerprint density at radius 1 is 0.952 bits per heavy atom. The molecule has 0 aromatic heterocycles. The van der Waals surface area contributed by atoms with Gasteiger partial charge in [0, 0.05) is 12.1 Å². The van der Waals surface area contributed by atoms with Crippen LogP contribution >= 0.6 is 0 Å². The molecule has 2 heteroatoms. The second kappa shape index (κ2) is 6.40. The summed E-state index contributed by atoms with van der Waals surface area (Å²) >= 11 is 0. The molecule has 0 unspecified atom stereocenters. The van der Waals surface area contributed by atoms with Crippen LogP contribution in [-0.4, -0.2) is 6.54 Å². The summed E-state index contributed by atoms with van der Waals surface area (Å²) in [5, 5.41) is 3.23. The molecule has 0 aliphatic rings. The van der Waals surface area contributed by atoms with Crippen molar-refractivity contribution >= 4 is 0 Å². The van der Waals surface area contributed by atoms with Gasteiger partial charge >= 0.3 is 0 Å². The van der Waals surface area contributed by atoms with E-state index in [1.54, 1.807) is 6.07 Å². The first-order valence-corrected chi connectivity index (χ1v) is 7.52. The van der Waals surface area contributed by atoms with Gasteiger partial charge in [-0.15, -0.1) is 0 Å². The van der Waals surface area contributed by atoms with Gasteiger partial charge in [-0.2, -0.15) is 0 Å². The first-order chi connectivity index (χ1) is 9.95. The average molecular weight is 285 g/mol. The molecule has 2 aromatic rings. The molecular weight excluding hydrogens is 261 g/mol. The van der Waals surface area contributed by atoms with Gasteiger partial charge in [0.25, 0.3) is 0 Å². The third-order valence-corrected chi connectivity index (χ3v) is 4.25. The molecule has 0 aliphatic heterocycles. The Bertz CT molecular complexity index is 633. The van der Waals surface area contributed by atoms with Gasteiger partial charge in [-0.25, -0.2) is 4.39 Å². The maximum absolute atomic E-state index is 14.6. The summed E-state index contributed by atoms with van der Waals surface area (Å²) in [4.78, 5) is 0. The van der Waals surface area contributed by atoms with Crippen LogP contribution < -0.4 is 5.32 Å². The molecule has 0 saturated heterocycles. The third-order valence-electron chi connectivity index (χ3n) is 4.25. The van der Waals surface area contributed by atoms with Crippen LogP contribution in [0.15, 0.2) is 24.3 Å². The Morgan fingerprint density at radius 3 is 2.10 bits per heavy atom. The van der Waals surface area contributed by atoms with Crippen molar-refractivity contribution < 1.29 is 4.39 Å². The SMILES string of the molecule is CCNCc1ccc(-c2c(C)c(C)cc(C)c2C)c(F)c1. The summed E-state index contributed by atoms with van der Waals surface area (Å²) in [6.07, 6.45) is 0. The summed E-state index contributed by atoms with van der Waals surface area (Å²) in [5.74, 6) is -0.137. The van der Waals surface area contributed by atoms with Gasteiger partial charge in [0.05, 0.1) is 0 Å². The van der Waals surface area contributed by atoms with Crippen molar-refractivity contribution in [1.29, 1.82) is 0 Å². The fourth-order valence-electron chi connectivity index (χ4n) is 2.76. The second-order valence-electron chi connectivity index (χ2n) is 5.73. The van der Waals surface area contributed by atoms with E-state index >= 15 is 0 Å². The lowest BCUT2D eigenvalue weighted by atomic mass is 9.89. The van der Waals surface area contributed by atoms with Crippen molar-refractivity contribution in [2.24, 2.45) is 0 Å². The zero-order valence-electron chi connectivity index (χ0n) is 13.6. The van der Waals surface area contributed by atoms with Gasteiger partial charge in [0.15, 0.2) is 0 Å². The van der Waals surface area contributed by atoms with Gasteiger partial charge in [0.1, 0.15) is 5.82 Å². The Kier molecular flexibility index (Phi) is 4.79. The van der Waals surface area contributed by atoms with Crippen LogP contribution in [0, 0.1) is 33.5 Å². The molecule has 1 N–H and O–H groups in total.